The fourth-order valence-electron chi connectivity index (χ4n) is 2.61. The third-order valence-electron chi connectivity index (χ3n) is 4.01. The Morgan fingerprint density at radius 3 is 2.54 bits per heavy atom. The smallest absolute Gasteiger partial charge is 0.265 e. The molecule has 0 aliphatic heterocycles. The van der Waals surface area contributed by atoms with Crippen molar-refractivity contribution < 1.29 is 9.21 Å². The number of hydrogen-bond donors (Lipinski definition) is 1. The van der Waals surface area contributed by atoms with Crippen molar-refractivity contribution in [3.8, 4) is 0 Å². The van der Waals surface area contributed by atoms with Gasteiger partial charge < -0.3 is 14.3 Å². The molecular formula is C18H19N3O3. The van der Waals surface area contributed by atoms with Crippen LogP contribution in [0.4, 0.5) is 5.69 Å². The van der Waals surface area contributed by atoms with Crippen LogP contribution in [0.2, 0.25) is 0 Å². The Morgan fingerprint density at radius 2 is 1.92 bits per heavy atom. The fourth-order valence-corrected chi connectivity index (χ4v) is 2.61. The molecule has 0 fully saturated rings. The van der Waals surface area contributed by atoms with E-state index in [0.717, 1.165) is 0 Å². The zero-order valence-electron chi connectivity index (χ0n) is 14.1. The minimum atomic E-state index is -0.381. The van der Waals surface area contributed by atoms with Gasteiger partial charge in [0.2, 0.25) is 5.71 Å². The fraction of sp³-hybridized carbons (Fsp3) is 0.278. The molecule has 0 atom stereocenters. The molecule has 0 aliphatic carbocycles. The van der Waals surface area contributed by atoms with Crippen LogP contribution in [0, 0.1) is 6.92 Å². The zero-order valence-corrected chi connectivity index (χ0v) is 14.1. The van der Waals surface area contributed by atoms with Crippen molar-refractivity contribution in [2.75, 3.05) is 5.32 Å². The molecule has 0 bridgehead atoms. The normalized spacial score (nSPS) is 11.2. The Hall–Kier alpha value is -2.89. The van der Waals surface area contributed by atoms with E-state index < -0.39 is 0 Å². The van der Waals surface area contributed by atoms with E-state index in [1.54, 1.807) is 14.0 Å². The standard InChI is InChI=1S/C18H19N3O3/c1-10(2)12-5-7-13(8-6-12)20-16(22)14-11(3)24-17-15(14)18(23)21(4)9-19-17/h5-10H,1-4H3,(H,20,22). The Labute approximate surface area is 139 Å². The second-order valence-corrected chi connectivity index (χ2v) is 6.10. The van der Waals surface area contributed by atoms with Crippen LogP contribution in [0.1, 0.15) is 41.4 Å². The molecule has 1 amide bonds. The number of nitrogens with zero attached hydrogens (tertiary/aromatic N) is 2. The molecule has 0 radical (unpaired) electrons. The Morgan fingerprint density at radius 1 is 1.25 bits per heavy atom. The van der Waals surface area contributed by atoms with E-state index in [4.69, 9.17) is 4.42 Å². The molecular weight excluding hydrogens is 306 g/mol. The maximum atomic E-state index is 12.6. The van der Waals surface area contributed by atoms with Gasteiger partial charge in [0.05, 0.1) is 5.56 Å². The van der Waals surface area contributed by atoms with E-state index in [0.29, 0.717) is 17.4 Å². The highest BCUT2D eigenvalue weighted by Gasteiger charge is 2.22. The summed E-state index contributed by atoms with van der Waals surface area (Å²) in [4.78, 5) is 29.0. The number of nitrogens with one attached hydrogen (secondary N) is 1. The zero-order chi connectivity index (χ0) is 17.4. The molecule has 24 heavy (non-hydrogen) atoms. The van der Waals surface area contributed by atoms with Gasteiger partial charge in [0.1, 0.15) is 17.5 Å². The summed E-state index contributed by atoms with van der Waals surface area (Å²) in [6, 6.07) is 7.64. The summed E-state index contributed by atoms with van der Waals surface area (Å²) in [5, 5.41) is 3.02. The van der Waals surface area contributed by atoms with Crippen LogP contribution >= 0.6 is 0 Å². The minimum absolute atomic E-state index is 0.177. The number of fused-ring (bicyclic) bond motifs is 1. The van der Waals surface area contributed by atoms with E-state index in [2.05, 4.69) is 24.1 Å². The van der Waals surface area contributed by atoms with Crippen molar-refractivity contribution in [1.82, 2.24) is 9.55 Å². The number of carbonyl (C=O) groups is 1. The first-order valence-corrected chi connectivity index (χ1v) is 7.74. The van der Waals surface area contributed by atoms with Crippen LogP contribution in [-0.4, -0.2) is 15.5 Å². The summed E-state index contributed by atoms with van der Waals surface area (Å²) < 4.78 is 6.78. The van der Waals surface area contributed by atoms with Crippen LogP contribution in [0.3, 0.4) is 0 Å². The molecule has 2 aromatic heterocycles. The van der Waals surface area contributed by atoms with Crippen LogP contribution in [0.25, 0.3) is 11.1 Å². The number of aromatic nitrogens is 2. The molecule has 3 rings (SSSR count). The van der Waals surface area contributed by atoms with Gasteiger partial charge in [-0.25, -0.2) is 4.98 Å². The molecule has 0 saturated heterocycles. The van der Waals surface area contributed by atoms with Crippen molar-refractivity contribution in [1.29, 1.82) is 0 Å². The van der Waals surface area contributed by atoms with Crippen LogP contribution in [0.5, 0.6) is 0 Å². The second-order valence-electron chi connectivity index (χ2n) is 6.10. The van der Waals surface area contributed by atoms with Gasteiger partial charge in [-0.05, 0) is 30.5 Å². The highest BCUT2D eigenvalue weighted by molar-refractivity contribution is 6.12. The highest BCUT2D eigenvalue weighted by Crippen LogP contribution is 2.23. The van der Waals surface area contributed by atoms with Gasteiger partial charge in [0, 0.05) is 12.7 Å². The van der Waals surface area contributed by atoms with E-state index in [9.17, 15) is 9.59 Å². The van der Waals surface area contributed by atoms with Gasteiger partial charge in [-0.15, -0.1) is 0 Å². The average molecular weight is 325 g/mol. The average Bonchev–Trinajstić information content (AvgIpc) is 2.88. The van der Waals surface area contributed by atoms with Crippen molar-refractivity contribution in [3.63, 3.8) is 0 Å². The number of furan rings is 1. The van der Waals surface area contributed by atoms with Crippen molar-refractivity contribution in [3.05, 3.63) is 57.8 Å². The second kappa shape index (κ2) is 5.96. The molecule has 1 N–H and O–H groups in total. The first-order chi connectivity index (χ1) is 11.4. The lowest BCUT2D eigenvalue weighted by Gasteiger charge is -2.08. The molecule has 0 spiro atoms. The predicted octanol–water partition coefficient (Wildman–Crippen LogP) is 3.21. The van der Waals surface area contributed by atoms with Crippen LogP contribution in [0.15, 0.2) is 39.8 Å². The minimum Gasteiger partial charge on any atom is -0.442 e. The summed E-state index contributed by atoms with van der Waals surface area (Å²) >= 11 is 0. The van der Waals surface area contributed by atoms with Crippen molar-refractivity contribution >= 4 is 22.7 Å². The number of aryl methyl sites for hydroxylation is 2. The first-order valence-electron chi connectivity index (χ1n) is 7.74. The number of anilines is 1. The molecule has 6 nitrogen and oxygen atoms in total. The Balaban J connectivity index is 1.98. The molecule has 124 valence electrons. The van der Waals surface area contributed by atoms with Crippen molar-refractivity contribution in [2.45, 2.75) is 26.7 Å². The third kappa shape index (κ3) is 2.71. The molecule has 6 heteroatoms. The SMILES string of the molecule is Cc1oc2ncn(C)c(=O)c2c1C(=O)Nc1ccc(C(C)C)cc1. The van der Waals surface area contributed by atoms with E-state index in [1.807, 2.05) is 24.3 Å². The monoisotopic (exact) mass is 325 g/mol. The lowest BCUT2D eigenvalue weighted by molar-refractivity contribution is 0.102. The Kier molecular flexibility index (Phi) is 3.97. The first kappa shape index (κ1) is 16.0. The lowest BCUT2D eigenvalue weighted by atomic mass is 10.0. The van der Waals surface area contributed by atoms with E-state index >= 15 is 0 Å². The summed E-state index contributed by atoms with van der Waals surface area (Å²) in [7, 11) is 1.59. The van der Waals surface area contributed by atoms with Gasteiger partial charge in [-0.3, -0.25) is 9.59 Å². The van der Waals surface area contributed by atoms with E-state index in [1.165, 1.54) is 16.5 Å². The molecule has 2 heterocycles. The number of hydrogen-bond acceptors (Lipinski definition) is 4. The van der Waals surface area contributed by atoms with Crippen LogP contribution in [-0.2, 0) is 7.05 Å². The number of benzene rings is 1. The van der Waals surface area contributed by atoms with Crippen molar-refractivity contribution in [2.24, 2.45) is 7.05 Å². The summed E-state index contributed by atoms with van der Waals surface area (Å²) in [5.74, 6) is 0.412. The predicted molar refractivity (Wildman–Crippen MR) is 92.5 cm³/mol. The Bertz CT molecular complexity index is 966. The van der Waals surface area contributed by atoms with Gasteiger partial charge in [0.15, 0.2) is 0 Å². The number of amides is 1. The van der Waals surface area contributed by atoms with Crippen LogP contribution < -0.4 is 10.9 Å². The molecule has 3 aromatic rings. The maximum Gasteiger partial charge on any atom is 0.265 e. The summed E-state index contributed by atoms with van der Waals surface area (Å²) in [6.45, 7) is 5.87. The highest BCUT2D eigenvalue weighted by atomic mass is 16.3. The number of rotatable bonds is 3. The third-order valence-corrected chi connectivity index (χ3v) is 4.01. The summed E-state index contributed by atoms with van der Waals surface area (Å²) in [6.07, 6.45) is 1.37. The maximum absolute atomic E-state index is 12.6. The van der Waals surface area contributed by atoms with Gasteiger partial charge in [-0.1, -0.05) is 26.0 Å². The summed E-state index contributed by atoms with van der Waals surface area (Å²) in [5.41, 5.74) is 1.95. The lowest BCUT2D eigenvalue weighted by Crippen LogP contribution is -2.20. The molecule has 0 aliphatic rings. The van der Waals surface area contributed by atoms with Gasteiger partial charge in [-0.2, -0.15) is 0 Å². The molecule has 0 unspecified atom stereocenters. The molecule has 0 saturated carbocycles. The number of carbonyl (C=O) groups excluding carboxylic acids is 1. The largest absolute Gasteiger partial charge is 0.442 e. The van der Waals surface area contributed by atoms with E-state index in [-0.39, 0.29) is 28.1 Å². The quantitative estimate of drug-likeness (QED) is 0.802. The van der Waals surface area contributed by atoms with Gasteiger partial charge >= 0.3 is 0 Å². The topological polar surface area (TPSA) is 77.1 Å². The van der Waals surface area contributed by atoms with Gasteiger partial charge in [0.25, 0.3) is 11.5 Å². The molecule has 1 aromatic carbocycles.